The SMILES string of the molecule is Cc1nnsc1C(C)NC(=O)N1CCC(N2CCCC2)C1C. The molecular weight excluding hydrogens is 298 g/mol. The first kappa shape index (κ1) is 15.7. The van der Waals surface area contributed by atoms with Gasteiger partial charge in [-0.15, -0.1) is 5.10 Å². The van der Waals surface area contributed by atoms with Crippen LogP contribution in [0, 0.1) is 6.92 Å². The summed E-state index contributed by atoms with van der Waals surface area (Å²) in [5.74, 6) is 0. The van der Waals surface area contributed by atoms with E-state index in [1.807, 2.05) is 18.7 Å². The van der Waals surface area contributed by atoms with Crippen LogP contribution in [-0.2, 0) is 0 Å². The summed E-state index contributed by atoms with van der Waals surface area (Å²) < 4.78 is 3.95. The van der Waals surface area contributed by atoms with E-state index in [1.54, 1.807) is 0 Å². The first-order valence-corrected chi connectivity index (χ1v) is 8.95. The molecule has 6 nitrogen and oxygen atoms in total. The summed E-state index contributed by atoms with van der Waals surface area (Å²) in [6.07, 6.45) is 3.68. The summed E-state index contributed by atoms with van der Waals surface area (Å²) in [5.41, 5.74) is 0.905. The molecule has 22 heavy (non-hydrogen) atoms. The van der Waals surface area contributed by atoms with Gasteiger partial charge in [-0.1, -0.05) is 4.49 Å². The zero-order chi connectivity index (χ0) is 15.7. The van der Waals surface area contributed by atoms with Crippen molar-refractivity contribution in [3.05, 3.63) is 10.6 Å². The number of carbonyl (C=O) groups excluding carboxylic acids is 1. The van der Waals surface area contributed by atoms with Crippen molar-refractivity contribution >= 4 is 17.6 Å². The fraction of sp³-hybridized carbons (Fsp3) is 0.800. The number of nitrogens with one attached hydrogen (secondary N) is 1. The Kier molecular flexibility index (Phi) is 4.63. The Morgan fingerprint density at radius 1 is 1.36 bits per heavy atom. The molecule has 2 fully saturated rings. The van der Waals surface area contributed by atoms with E-state index in [0.29, 0.717) is 6.04 Å². The van der Waals surface area contributed by atoms with Crippen molar-refractivity contribution in [3.63, 3.8) is 0 Å². The first-order valence-electron chi connectivity index (χ1n) is 8.18. The van der Waals surface area contributed by atoms with E-state index in [2.05, 4.69) is 26.7 Å². The van der Waals surface area contributed by atoms with Crippen molar-refractivity contribution in [1.29, 1.82) is 0 Å². The lowest BCUT2D eigenvalue weighted by Crippen LogP contribution is -2.47. The van der Waals surface area contributed by atoms with E-state index in [4.69, 9.17) is 0 Å². The van der Waals surface area contributed by atoms with Crippen LogP contribution in [0.1, 0.15) is 49.7 Å². The Morgan fingerprint density at radius 2 is 2.09 bits per heavy atom. The second-order valence-corrected chi connectivity index (χ2v) is 7.21. The van der Waals surface area contributed by atoms with Gasteiger partial charge in [-0.25, -0.2) is 4.79 Å². The van der Waals surface area contributed by atoms with Crippen molar-refractivity contribution in [3.8, 4) is 0 Å². The van der Waals surface area contributed by atoms with Crippen LogP contribution >= 0.6 is 11.5 Å². The molecule has 3 heterocycles. The number of hydrogen-bond donors (Lipinski definition) is 1. The number of aromatic nitrogens is 2. The van der Waals surface area contributed by atoms with E-state index in [1.165, 1.54) is 37.5 Å². The predicted octanol–water partition coefficient (Wildman–Crippen LogP) is 2.18. The summed E-state index contributed by atoms with van der Waals surface area (Å²) in [4.78, 5) is 18.2. The number of aryl methyl sites for hydroxylation is 1. The van der Waals surface area contributed by atoms with Gasteiger partial charge in [-0.3, -0.25) is 4.90 Å². The fourth-order valence-corrected chi connectivity index (χ4v) is 4.38. The van der Waals surface area contributed by atoms with Crippen molar-refractivity contribution in [1.82, 2.24) is 24.7 Å². The first-order chi connectivity index (χ1) is 10.6. The maximum absolute atomic E-state index is 12.6. The zero-order valence-corrected chi connectivity index (χ0v) is 14.4. The molecule has 0 bridgehead atoms. The summed E-state index contributed by atoms with van der Waals surface area (Å²) in [6.45, 7) is 9.34. The maximum atomic E-state index is 12.6. The molecule has 1 aromatic heterocycles. The van der Waals surface area contributed by atoms with E-state index in [-0.39, 0.29) is 18.1 Å². The van der Waals surface area contributed by atoms with Crippen LogP contribution in [0.15, 0.2) is 0 Å². The monoisotopic (exact) mass is 323 g/mol. The van der Waals surface area contributed by atoms with Gasteiger partial charge in [0.1, 0.15) is 0 Å². The van der Waals surface area contributed by atoms with E-state index < -0.39 is 0 Å². The molecule has 2 amide bonds. The Labute approximate surface area is 136 Å². The number of rotatable bonds is 3. The Balaban J connectivity index is 1.59. The predicted molar refractivity (Wildman–Crippen MR) is 87.0 cm³/mol. The molecule has 3 rings (SSSR count). The number of nitrogens with zero attached hydrogens (tertiary/aromatic N) is 4. The molecular formula is C15H25N5OS. The third kappa shape index (κ3) is 2.96. The Morgan fingerprint density at radius 3 is 2.73 bits per heavy atom. The standard InChI is InChI=1S/C15H25N5OS/c1-10(14-11(2)17-18-22-14)16-15(21)20-9-6-13(12(20)3)19-7-4-5-8-19/h10,12-13H,4-9H2,1-3H3,(H,16,21). The molecule has 2 aliphatic heterocycles. The van der Waals surface area contributed by atoms with Crippen LogP contribution in [0.3, 0.4) is 0 Å². The highest BCUT2D eigenvalue weighted by atomic mass is 32.1. The van der Waals surface area contributed by atoms with Gasteiger partial charge in [-0.2, -0.15) is 0 Å². The highest BCUT2D eigenvalue weighted by Gasteiger charge is 2.38. The van der Waals surface area contributed by atoms with Gasteiger partial charge in [0.05, 0.1) is 16.6 Å². The van der Waals surface area contributed by atoms with Crippen LogP contribution in [0.25, 0.3) is 0 Å². The Bertz CT molecular complexity index is 528. The van der Waals surface area contributed by atoms with Crippen molar-refractivity contribution in [2.75, 3.05) is 19.6 Å². The highest BCUT2D eigenvalue weighted by molar-refractivity contribution is 7.05. The smallest absolute Gasteiger partial charge is 0.318 e. The summed E-state index contributed by atoms with van der Waals surface area (Å²) in [6, 6.07) is 0.807. The quantitative estimate of drug-likeness (QED) is 0.926. The number of likely N-dealkylation sites (tertiary alicyclic amines) is 2. The van der Waals surface area contributed by atoms with Gasteiger partial charge in [0.25, 0.3) is 0 Å². The normalized spacial score (nSPS) is 27.3. The Hall–Kier alpha value is -1.21. The highest BCUT2D eigenvalue weighted by Crippen LogP contribution is 2.27. The topological polar surface area (TPSA) is 61.4 Å². The second kappa shape index (κ2) is 6.50. The molecule has 0 saturated carbocycles. The number of carbonyl (C=O) groups is 1. The molecule has 0 aromatic carbocycles. The van der Waals surface area contributed by atoms with Crippen molar-refractivity contribution < 1.29 is 4.79 Å². The van der Waals surface area contributed by atoms with Gasteiger partial charge in [0.15, 0.2) is 0 Å². The molecule has 1 N–H and O–H groups in total. The lowest BCUT2D eigenvalue weighted by Gasteiger charge is -2.31. The molecule has 2 saturated heterocycles. The third-order valence-electron chi connectivity index (χ3n) is 5.00. The zero-order valence-electron chi connectivity index (χ0n) is 13.6. The summed E-state index contributed by atoms with van der Waals surface area (Å²) in [7, 11) is 0. The lowest BCUT2D eigenvalue weighted by molar-refractivity contribution is 0.166. The minimum Gasteiger partial charge on any atom is -0.331 e. The van der Waals surface area contributed by atoms with E-state index in [9.17, 15) is 4.79 Å². The average molecular weight is 323 g/mol. The lowest BCUT2D eigenvalue weighted by atomic mass is 10.1. The van der Waals surface area contributed by atoms with E-state index in [0.717, 1.165) is 23.5 Å². The maximum Gasteiger partial charge on any atom is 0.318 e. The van der Waals surface area contributed by atoms with Gasteiger partial charge in [0.2, 0.25) is 0 Å². The largest absolute Gasteiger partial charge is 0.331 e. The molecule has 0 radical (unpaired) electrons. The minimum atomic E-state index is -0.0365. The minimum absolute atomic E-state index is 0.0365. The van der Waals surface area contributed by atoms with Crippen molar-refractivity contribution in [2.24, 2.45) is 0 Å². The summed E-state index contributed by atoms with van der Waals surface area (Å²) >= 11 is 1.36. The molecule has 0 spiro atoms. The summed E-state index contributed by atoms with van der Waals surface area (Å²) in [5, 5.41) is 7.12. The number of hydrogen-bond acceptors (Lipinski definition) is 5. The molecule has 1 aromatic rings. The van der Waals surface area contributed by atoms with Crippen LogP contribution in [0.2, 0.25) is 0 Å². The number of amides is 2. The third-order valence-corrected chi connectivity index (χ3v) is 6.01. The number of urea groups is 1. The van der Waals surface area contributed by atoms with Crippen LogP contribution in [0.5, 0.6) is 0 Å². The van der Waals surface area contributed by atoms with Crippen LogP contribution < -0.4 is 5.32 Å². The molecule has 7 heteroatoms. The van der Waals surface area contributed by atoms with Crippen LogP contribution in [0.4, 0.5) is 4.79 Å². The van der Waals surface area contributed by atoms with E-state index >= 15 is 0 Å². The van der Waals surface area contributed by atoms with Crippen molar-refractivity contribution in [2.45, 2.75) is 58.2 Å². The van der Waals surface area contributed by atoms with Gasteiger partial charge < -0.3 is 10.2 Å². The molecule has 122 valence electrons. The molecule has 2 aliphatic rings. The molecule has 3 atom stereocenters. The van der Waals surface area contributed by atoms with Gasteiger partial charge >= 0.3 is 6.03 Å². The second-order valence-electron chi connectivity index (χ2n) is 6.43. The van der Waals surface area contributed by atoms with Gasteiger partial charge in [0, 0.05) is 18.6 Å². The molecule has 0 aliphatic carbocycles. The van der Waals surface area contributed by atoms with Gasteiger partial charge in [-0.05, 0) is 64.7 Å². The molecule has 3 unspecified atom stereocenters. The van der Waals surface area contributed by atoms with Crippen LogP contribution in [-0.4, -0.2) is 57.1 Å². The fourth-order valence-electron chi connectivity index (χ4n) is 3.74. The average Bonchev–Trinajstić information content (AvgIpc) is 3.18.